The lowest BCUT2D eigenvalue weighted by Crippen LogP contribution is -2.40. The Morgan fingerprint density at radius 2 is 1.97 bits per heavy atom. The van der Waals surface area contributed by atoms with Gasteiger partial charge in [-0.1, -0.05) is 18.2 Å². The Labute approximate surface area is 204 Å². The van der Waals surface area contributed by atoms with Crippen molar-refractivity contribution in [2.45, 2.75) is 58.5 Å². The molecule has 2 aromatic heterocycles. The Kier molecular flexibility index (Phi) is 5.20. The summed E-state index contributed by atoms with van der Waals surface area (Å²) < 4.78 is 10.7. The minimum Gasteiger partial charge on any atom is -0.424 e. The van der Waals surface area contributed by atoms with Crippen LogP contribution in [0.2, 0.25) is 0 Å². The van der Waals surface area contributed by atoms with Crippen molar-refractivity contribution in [3.05, 3.63) is 60.4 Å². The third-order valence-electron chi connectivity index (χ3n) is 6.98. The van der Waals surface area contributed by atoms with Crippen LogP contribution in [-0.2, 0) is 11.2 Å². The van der Waals surface area contributed by atoms with Crippen LogP contribution < -0.4 is 9.64 Å². The Hall–Kier alpha value is -3.87. The van der Waals surface area contributed by atoms with Gasteiger partial charge in [0.1, 0.15) is 5.75 Å². The molecular formula is C28H29N5O2. The van der Waals surface area contributed by atoms with Crippen LogP contribution >= 0.6 is 0 Å². The van der Waals surface area contributed by atoms with E-state index in [9.17, 15) is 4.79 Å². The first-order chi connectivity index (χ1) is 17.0. The molecule has 0 bridgehead atoms. The molecule has 0 saturated heterocycles. The first kappa shape index (κ1) is 21.6. The monoisotopic (exact) mass is 467 g/mol. The quantitative estimate of drug-likeness (QED) is 0.350. The van der Waals surface area contributed by atoms with Crippen molar-refractivity contribution in [2.75, 3.05) is 4.90 Å². The molecule has 7 heteroatoms. The van der Waals surface area contributed by atoms with Crippen LogP contribution in [0, 0.1) is 0 Å². The Bertz CT molecular complexity index is 1460. The van der Waals surface area contributed by atoms with E-state index in [2.05, 4.69) is 35.0 Å². The van der Waals surface area contributed by atoms with Gasteiger partial charge in [-0.15, -0.1) is 0 Å². The van der Waals surface area contributed by atoms with Crippen molar-refractivity contribution in [2.24, 2.45) is 0 Å². The molecule has 1 unspecified atom stereocenters. The second-order valence-corrected chi connectivity index (χ2v) is 9.49. The highest BCUT2D eigenvalue weighted by molar-refractivity contribution is 5.95. The number of anilines is 1. The maximum absolute atomic E-state index is 12.6. The summed E-state index contributed by atoms with van der Waals surface area (Å²) in [4.78, 5) is 19.3. The van der Waals surface area contributed by atoms with E-state index in [0.29, 0.717) is 12.1 Å². The molecule has 1 aliphatic heterocycles. The Balaban J connectivity index is 1.54. The molecule has 0 N–H and O–H groups in total. The number of carbonyl (C=O) groups is 1. The van der Waals surface area contributed by atoms with E-state index < -0.39 is 0 Å². The van der Waals surface area contributed by atoms with Crippen molar-refractivity contribution < 1.29 is 9.53 Å². The first-order valence-electron chi connectivity index (χ1n) is 12.3. The van der Waals surface area contributed by atoms with Crippen molar-refractivity contribution in [3.63, 3.8) is 0 Å². The van der Waals surface area contributed by atoms with E-state index >= 15 is 0 Å². The lowest BCUT2D eigenvalue weighted by atomic mass is 9.92. The number of ether oxygens (including phenoxy) is 1. The van der Waals surface area contributed by atoms with Crippen molar-refractivity contribution in [1.82, 2.24) is 19.3 Å². The molecule has 3 heterocycles. The molecule has 1 amide bonds. The molecule has 0 spiro atoms. The molecule has 2 aromatic carbocycles. The van der Waals surface area contributed by atoms with Crippen LogP contribution in [0.5, 0.6) is 11.8 Å². The highest BCUT2D eigenvalue weighted by Crippen LogP contribution is 2.45. The number of nitrogens with zero attached hydrogens (tertiary/aromatic N) is 5. The largest absolute Gasteiger partial charge is 0.424 e. The van der Waals surface area contributed by atoms with Gasteiger partial charge in [0.05, 0.1) is 29.0 Å². The van der Waals surface area contributed by atoms with Crippen LogP contribution in [-0.4, -0.2) is 31.3 Å². The zero-order valence-corrected chi connectivity index (χ0v) is 20.3. The molecule has 1 atom stereocenters. The normalized spacial score (nSPS) is 17.8. The predicted molar refractivity (Wildman–Crippen MR) is 138 cm³/mol. The standard InChI is InChI=1S/C28H29N5O2/c1-4-15-31-26-8-6-5-7-24(26)30-28(31)35-27-22(20-16-29-32(17-20)21-10-11-21)13-14-25-23(27)12-9-18(2)33(25)19(3)34/h4-8,13-18,21H,9-12H2,1-3H3. The molecule has 1 fully saturated rings. The van der Waals surface area contributed by atoms with E-state index in [1.54, 1.807) is 6.92 Å². The van der Waals surface area contributed by atoms with E-state index in [1.165, 1.54) is 12.8 Å². The SMILES string of the molecule is CC=Cn1c(Oc2c(-c3cnn(C4CC4)c3)ccc3c2CCC(C)N3C(C)=O)nc2ccccc21. The van der Waals surface area contributed by atoms with Gasteiger partial charge >= 0.3 is 6.01 Å². The zero-order chi connectivity index (χ0) is 24.1. The molecule has 0 radical (unpaired) electrons. The van der Waals surface area contributed by atoms with Gasteiger partial charge in [-0.25, -0.2) is 0 Å². The maximum atomic E-state index is 12.6. The number of carbonyl (C=O) groups excluding carboxylic acids is 1. The number of para-hydroxylation sites is 2. The summed E-state index contributed by atoms with van der Waals surface area (Å²) in [6, 6.07) is 13.3. The fraction of sp³-hybridized carbons (Fsp3) is 0.321. The average Bonchev–Trinajstić information content (AvgIpc) is 3.48. The van der Waals surface area contributed by atoms with Crippen LogP contribution in [0.15, 0.2) is 54.9 Å². The number of fused-ring (bicyclic) bond motifs is 2. The van der Waals surface area contributed by atoms with Gasteiger partial charge in [0, 0.05) is 42.1 Å². The van der Waals surface area contributed by atoms with Crippen LogP contribution in [0.3, 0.4) is 0 Å². The van der Waals surface area contributed by atoms with Gasteiger partial charge in [-0.05, 0) is 63.8 Å². The summed E-state index contributed by atoms with van der Waals surface area (Å²) >= 11 is 0. The number of hydrogen-bond acceptors (Lipinski definition) is 4. The number of benzene rings is 2. The molecular weight excluding hydrogens is 438 g/mol. The minimum atomic E-state index is 0.0415. The van der Waals surface area contributed by atoms with Gasteiger partial charge in [0.15, 0.2) is 0 Å². The number of amides is 1. The van der Waals surface area contributed by atoms with Gasteiger partial charge in [0.25, 0.3) is 0 Å². The zero-order valence-electron chi connectivity index (χ0n) is 20.3. The van der Waals surface area contributed by atoms with Crippen LogP contribution in [0.25, 0.3) is 28.4 Å². The summed E-state index contributed by atoms with van der Waals surface area (Å²) in [7, 11) is 0. The molecule has 1 aliphatic carbocycles. The van der Waals surface area contributed by atoms with Gasteiger partial charge < -0.3 is 9.64 Å². The maximum Gasteiger partial charge on any atom is 0.307 e. The van der Waals surface area contributed by atoms with Crippen molar-refractivity contribution in [1.29, 1.82) is 0 Å². The van der Waals surface area contributed by atoms with Gasteiger partial charge in [-0.3, -0.25) is 14.0 Å². The van der Waals surface area contributed by atoms with Gasteiger partial charge in [-0.2, -0.15) is 10.1 Å². The molecule has 178 valence electrons. The molecule has 6 rings (SSSR count). The third-order valence-corrected chi connectivity index (χ3v) is 6.98. The average molecular weight is 468 g/mol. The summed E-state index contributed by atoms with van der Waals surface area (Å²) in [5, 5.41) is 4.62. The van der Waals surface area contributed by atoms with E-state index in [1.807, 2.05) is 59.1 Å². The fourth-order valence-corrected chi connectivity index (χ4v) is 5.12. The van der Waals surface area contributed by atoms with Crippen LogP contribution in [0.1, 0.15) is 51.6 Å². The minimum absolute atomic E-state index is 0.0415. The smallest absolute Gasteiger partial charge is 0.307 e. The van der Waals surface area contributed by atoms with E-state index in [-0.39, 0.29) is 11.9 Å². The molecule has 7 nitrogen and oxygen atoms in total. The molecule has 35 heavy (non-hydrogen) atoms. The lowest BCUT2D eigenvalue weighted by molar-refractivity contribution is -0.117. The lowest BCUT2D eigenvalue weighted by Gasteiger charge is -2.35. The summed E-state index contributed by atoms with van der Waals surface area (Å²) in [5.41, 5.74) is 5.77. The van der Waals surface area contributed by atoms with Crippen LogP contribution in [0.4, 0.5) is 5.69 Å². The summed E-state index contributed by atoms with van der Waals surface area (Å²) in [6.07, 6.45) is 12.0. The second-order valence-electron chi connectivity index (χ2n) is 9.49. The summed E-state index contributed by atoms with van der Waals surface area (Å²) in [6.45, 7) is 5.71. The second kappa shape index (κ2) is 8.41. The Morgan fingerprint density at radius 3 is 2.74 bits per heavy atom. The number of allylic oxidation sites excluding steroid dienone is 1. The third kappa shape index (κ3) is 3.71. The van der Waals surface area contributed by atoms with E-state index in [4.69, 9.17) is 9.72 Å². The highest BCUT2D eigenvalue weighted by Gasteiger charge is 2.31. The fourth-order valence-electron chi connectivity index (χ4n) is 5.12. The van der Waals surface area contributed by atoms with Crippen molar-refractivity contribution >= 4 is 28.8 Å². The molecule has 1 saturated carbocycles. The number of aromatic nitrogens is 4. The number of imidazole rings is 1. The number of hydrogen-bond donors (Lipinski definition) is 0. The Morgan fingerprint density at radius 1 is 1.14 bits per heavy atom. The van der Waals surface area contributed by atoms with E-state index in [0.717, 1.165) is 52.0 Å². The predicted octanol–water partition coefficient (Wildman–Crippen LogP) is 6.21. The number of rotatable bonds is 5. The topological polar surface area (TPSA) is 65.2 Å². The van der Waals surface area contributed by atoms with Crippen molar-refractivity contribution in [3.8, 4) is 22.9 Å². The highest BCUT2D eigenvalue weighted by atomic mass is 16.5. The molecule has 4 aromatic rings. The first-order valence-corrected chi connectivity index (χ1v) is 12.3. The molecule has 2 aliphatic rings. The summed E-state index contributed by atoms with van der Waals surface area (Å²) in [5.74, 6) is 0.789. The van der Waals surface area contributed by atoms with Gasteiger partial charge in [0.2, 0.25) is 5.91 Å².